The van der Waals surface area contributed by atoms with Crippen molar-refractivity contribution in [3.63, 3.8) is 0 Å². The van der Waals surface area contributed by atoms with Crippen molar-refractivity contribution >= 4 is 23.2 Å². The molecule has 2 N–H and O–H groups in total. The summed E-state index contributed by atoms with van der Waals surface area (Å²) in [5.41, 5.74) is -0.121. The maximum absolute atomic E-state index is 11.7. The topological polar surface area (TPSA) is 66.4 Å². The zero-order chi connectivity index (χ0) is 11.8. The smallest absolute Gasteiger partial charge is 0.258 e. The molecule has 2 rings (SSSR count). The highest BCUT2D eigenvalue weighted by Crippen LogP contribution is 2.22. The van der Waals surface area contributed by atoms with E-state index in [1.807, 2.05) is 26.2 Å². The molecule has 5 nitrogen and oxygen atoms in total. The van der Waals surface area contributed by atoms with Crippen LogP contribution in [0.3, 0.4) is 0 Å². The minimum absolute atomic E-state index is 0.121. The molecule has 1 unspecified atom stereocenters. The van der Waals surface area contributed by atoms with Crippen molar-refractivity contribution in [1.82, 2.24) is 15.6 Å². The summed E-state index contributed by atoms with van der Waals surface area (Å²) in [6, 6.07) is -0.496. The van der Waals surface area contributed by atoms with E-state index in [1.54, 1.807) is 6.20 Å². The largest absolute Gasteiger partial charge is 0.351 e. The minimum Gasteiger partial charge on any atom is -0.351 e. The molecule has 0 spiro atoms. The number of nitrogens with zero attached hydrogens (tertiary/aromatic N) is 2. The van der Waals surface area contributed by atoms with Crippen LogP contribution in [0.5, 0.6) is 0 Å². The Kier molecular flexibility index (Phi) is 2.67. The molecule has 0 fully saturated rings. The fourth-order valence-corrected chi connectivity index (χ4v) is 2.03. The predicted octanol–water partition coefficient (Wildman–Crippen LogP) is 1.06. The average molecular weight is 238 g/mol. The van der Waals surface area contributed by atoms with E-state index < -0.39 is 6.04 Å². The molecule has 1 aromatic rings. The first kappa shape index (κ1) is 11.1. The Morgan fingerprint density at radius 2 is 2.25 bits per heavy atom. The molecule has 0 aliphatic carbocycles. The van der Waals surface area contributed by atoms with Gasteiger partial charge in [0.25, 0.3) is 5.91 Å². The van der Waals surface area contributed by atoms with Gasteiger partial charge in [0.05, 0.1) is 0 Å². The summed E-state index contributed by atoms with van der Waals surface area (Å²) < 4.78 is 0. The normalized spacial score (nSPS) is 20.6. The van der Waals surface area contributed by atoms with Crippen molar-refractivity contribution in [2.45, 2.75) is 32.4 Å². The number of amides is 1. The van der Waals surface area contributed by atoms with Gasteiger partial charge in [0.2, 0.25) is 0 Å². The number of hydrogen-bond acceptors (Lipinski definition) is 5. The lowest BCUT2D eigenvalue weighted by atomic mass is 10.1. The summed E-state index contributed by atoms with van der Waals surface area (Å²) in [6.45, 7) is 6.04. The number of guanidine groups is 1. The van der Waals surface area contributed by atoms with Gasteiger partial charge in [0, 0.05) is 17.1 Å². The second kappa shape index (κ2) is 3.86. The van der Waals surface area contributed by atoms with Gasteiger partial charge in [0.1, 0.15) is 5.01 Å². The van der Waals surface area contributed by atoms with E-state index in [-0.39, 0.29) is 11.4 Å². The van der Waals surface area contributed by atoms with Gasteiger partial charge in [0.15, 0.2) is 12.0 Å². The van der Waals surface area contributed by atoms with Crippen LogP contribution in [0.1, 0.15) is 31.8 Å². The Bertz CT molecular complexity index is 419. The van der Waals surface area contributed by atoms with E-state index in [4.69, 9.17) is 0 Å². The minimum atomic E-state index is -0.496. The lowest BCUT2D eigenvalue weighted by Gasteiger charge is -2.21. The van der Waals surface area contributed by atoms with Crippen LogP contribution in [0.15, 0.2) is 16.6 Å². The van der Waals surface area contributed by atoms with Gasteiger partial charge in [-0.05, 0) is 20.8 Å². The van der Waals surface area contributed by atoms with Gasteiger partial charge in [-0.2, -0.15) is 0 Å². The summed E-state index contributed by atoms with van der Waals surface area (Å²) in [5, 5.41) is 8.42. The number of carbonyl (C=O) groups excluding carboxylic acids is 1. The van der Waals surface area contributed by atoms with Crippen molar-refractivity contribution in [2.24, 2.45) is 4.99 Å². The molecule has 0 radical (unpaired) electrons. The number of nitrogens with one attached hydrogen (secondary N) is 2. The van der Waals surface area contributed by atoms with E-state index in [1.165, 1.54) is 11.3 Å². The SMILES string of the molecule is CC(C)(C)NC1=NC(c2nccs2)C(=O)N1. The fraction of sp³-hybridized carbons (Fsp3) is 0.500. The number of hydrogen-bond donors (Lipinski definition) is 2. The molecule has 0 bridgehead atoms. The van der Waals surface area contributed by atoms with E-state index >= 15 is 0 Å². The Morgan fingerprint density at radius 1 is 1.50 bits per heavy atom. The average Bonchev–Trinajstić information content (AvgIpc) is 2.71. The second-order valence-electron chi connectivity index (χ2n) is 4.61. The Balaban J connectivity index is 2.15. The zero-order valence-corrected chi connectivity index (χ0v) is 10.3. The summed E-state index contributed by atoms with van der Waals surface area (Å²) in [5.74, 6) is 0.402. The maximum atomic E-state index is 11.7. The van der Waals surface area contributed by atoms with Gasteiger partial charge in [-0.1, -0.05) is 0 Å². The molecule has 0 aromatic carbocycles. The molecular formula is C10H14N4OS. The molecule has 16 heavy (non-hydrogen) atoms. The first-order valence-electron chi connectivity index (χ1n) is 5.02. The lowest BCUT2D eigenvalue weighted by Crippen LogP contribution is -2.46. The number of carbonyl (C=O) groups is 1. The monoisotopic (exact) mass is 238 g/mol. The number of rotatable bonds is 1. The van der Waals surface area contributed by atoms with Crippen molar-refractivity contribution in [1.29, 1.82) is 0 Å². The van der Waals surface area contributed by atoms with E-state index in [0.717, 1.165) is 5.01 Å². The van der Waals surface area contributed by atoms with Crippen molar-refractivity contribution < 1.29 is 4.79 Å². The first-order chi connectivity index (χ1) is 7.46. The third-order valence-corrected chi connectivity index (χ3v) is 2.75. The van der Waals surface area contributed by atoms with Crippen LogP contribution >= 0.6 is 11.3 Å². The van der Waals surface area contributed by atoms with Crippen molar-refractivity contribution in [2.75, 3.05) is 0 Å². The van der Waals surface area contributed by atoms with Gasteiger partial charge in [-0.25, -0.2) is 9.98 Å². The zero-order valence-electron chi connectivity index (χ0n) is 9.44. The van der Waals surface area contributed by atoms with Crippen LogP contribution in [0, 0.1) is 0 Å². The molecule has 0 saturated heterocycles. The highest BCUT2D eigenvalue weighted by Gasteiger charge is 2.31. The van der Waals surface area contributed by atoms with Crippen LogP contribution in [0.4, 0.5) is 0 Å². The maximum Gasteiger partial charge on any atom is 0.258 e. The van der Waals surface area contributed by atoms with Gasteiger partial charge < -0.3 is 5.32 Å². The summed E-state index contributed by atoms with van der Waals surface area (Å²) in [6.07, 6.45) is 1.68. The van der Waals surface area contributed by atoms with Crippen LogP contribution in [0.2, 0.25) is 0 Å². The molecule has 1 aliphatic rings. The quantitative estimate of drug-likeness (QED) is 0.768. The molecule has 1 aromatic heterocycles. The molecule has 6 heteroatoms. The third kappa shape index (κ3) is 2.38. The molecule has 1 atom stereocenters. The van der Waals surface area contributed by atoms with Gasteiger partial charge in [-0.15, -0.1) is 11.3 Å². The van der Waals surface area contributed by atoms with E-state index in [2.05, 4.69) is 20.6 Å². The van der Waals surface area contributed by atoms with E-state index in [0.29, 0.717) is 5.96 Å². The molecule has 86 valence electrons. The summed E-state index contributed by atoms with van der Waals surface area (Å²) in [4.78, 5) is 20.1. The molecule has 1 amide bonds. The molecule has 2 heterocycles. The molecular weight excluding hydrogens is 224 g/mol. The third-order valence-electron chi connectivity index (χ3n) is 1.93. The fourth-order valence-electron chi connectivity index (χ4n) is 1.36. The first-order valence-corrected chi connectivity index (χ1v) is 5.90. The second-order valence-corrected chi connectivity index (χ2v) is 5.54. The molecule has 1 aliphatic heterocycles. The Labute approximate surface area is 98.0 Å². The van der Waals surface area contributed by atoms with Crippen LogP contribution < -0.4 is 10.6 Å². The number of aliphatic imine (C=N–C) groups is 1. The van der Waals surface area contributed by atoms with Crippen molar-refractivity contribution in [3.8, 4) is 0 Å². The Hall–Kier alpha value is -1.43. The standard InChI is InChI=1S/C10H14N4OS/c1-10(2,3)14-9-12-6(7(15)13-9)8-11-4-5-16-8/h4-6H,1-3H3,(H2,12,13,14,15). The summed E-state index contributed by atoms with van der Waals surface area (Å²) in [7, 11) is 0. The predicted molar refractivity (Wildman–Crippen MR) is 63.3 cm³/mol. The highest BCUT2D eigenvalue weighted by molar-refractivity contribution is 7.09. The lowest BCUT2D eigenvalue weighted by molar-refractivity contribution is -0.120. The highest BCUT2D eigenvalue weighted by atomic mass is 32.1. The summed E-state index contributed by atoms with van der Waals surface area (Å²) >= 11 is 1.44. The van der Waals surface area contributed by atoms with Crippen LogP contribution in [-0.2, 0) is 4.79 Å². The van der Waals surface area contributed by atoms with Gasteiger partial charge >= 0.3 is 0 Å². The van der Waals surface area contributed by atoms with Crippen LogP contribution in [-0.4, -0.2) is 22.4 Å². The van der Waals surface area contributed by atoms with E-state index in [9.17, 15) is 4.79 Å². The van der Waals surface area contributed by atoms with Crippen LogP contribution in [0.25, 0.3) is 0 Å². The Morgan fingerprint density at radius 3 is 2.81 bits per heavy atom. The van der Waals surface area contributed by atoms with Crippen molar-refractivity contribution in [3.05, 3.63) is 16.6 Å². The number of thiazole rings is 1. The van der Waals surface area contributed by atoms with Gasteiger partial charge in [-0.3, -0.25) is 10.1 Å². The number of aromatic nitrogens is 1. The molecule has 0 saturated carbocycles.